The van der Waals surface area contributed by atoms with E-state index in [1.807, 2.05) is 0 Å². The number of halogens is 3. The van der Waals surface area contributed by atoms with E-state index in [9.17, 15) is 9.18 Å². The summed E-state index contributed by atoms with van der Waals surface area (Å²) < 4.78 is 13.4. The maximum absolute atomic E-state index is 13.3. The molecule has 0 aliphatic rings. The monoisotopic (exact) mass is 348 g/mol. The van der Waals surface area contributed by atoms with Crippen LogP contribution in [0.15, 0.2) is 28.1 Å². The highest BCUT2D eigenvalue weighted by Crippen LogP contribution is 2.23. The van der Waals surface area contributed by atoms with Crippen LogP contribution in [0.5, 0.6) is 0 Å². The fourth-order valence-corrected chi connectivity index (χ4v) is 2.65. The summed E-state index contributed by atoms with van der Waals surface area (Å²) in [6.45, 7) is 0. The van der Waals surface area contributed by atoms with Crippen molar-refractivity contribution in [3.8, 4) is 0 Å². The number of amides is 1. The van der Waals surface area contributed by atoms with Crippen molar-refractivity contribution in [3.05, 3.63) is 45.1 Å². The van der Waals surface area contributed by atoms with Crippen molar-refractivity contribution in [3.63, 3.8) is 0 Å². The predicted octanol–water partition coefficient (Wildman–Crippen LogP) is 4.04. The number of hydrogen-bond acceptors (Lipinski definition) is 3. The summed E-state index contributed by atoms with van der Waals surface area (Å²) in [6.07, 6.45) is 0. The van der Waals surface area contributed by atoms with Crippen molar-refractivity contribution < 1.29 is 9.18 Å². The first-order valence-corrected chi connectivity index (χ1v) is 7.08. The van der Waals surface area contributed by atoms with Gasteiger partial charge in [-0.2, -0.15) is 0 Å². The quantitative estimate of drug-likeness (QED) is 0.850. The summed E-state index contributed by atoms with van der Waals surface area (Å²) in [5.74, 6) is -0.615. The van der Waals surface area contributed by atoms with Crippen LogP contribution in [0.4, 0.5) is 9.52 Å². The molecule has 2 rings (SSSR count). The van der Waals surface area contributed by atoms with Crippen LogP contribution in [0.3, 0.4) is 0 Å². The molecule has 7 heteroatoms. The molecule has 0 bridgehead atoms. The van der Waals surface area contributed by atoms with Crippen LogP contribution in [0.25, 0.3) is 0 Å². The third-order valence-electron chi connectivity index (χ3n) is 2.11. The summed E-state index contributed by atoms with van der Waals surface area (Å²) in [5.41, 5.74) is 0.910. The number of rotatable bonds is 3. The van der Waals surface area contributed by atoms with E-state index in [2.05, 4.69) is 26.2 Å². The van der Waals surface area contributed by atoms with Gasteiger partial charge in [-0.15, -0.1) is 22.9 Å². The molecule has 0 fully saturated rings. The van der Waals surface area contributed by atoms with E-state index in [1.165, 1.54) is 29.5 Å². The van der Waals surface area contributed by atoms with Crippen LogP contribution in [0, 0.1) is 5.82 Å². The van der Waals surface area contributed by atoms with Gasteiger partial charge < -0.3 is 0 Å². The van der Waals surface area contributed by atoms with Crippen molar-refractivity contribution in [1.82, 2.24) is 4.98 Å². The van der Waals surface area contributed by atoms with E-state index in [-0.39, 0.29) is 15.9 Å². The SMILES string of the molecule is O=C(Nc1nc(CCl)cs1)c1cccc(F)c1Br. The Balaban J connectivity index is 2.19. The summed E-state index contributed by atoms with van der Waals surface area (Å²) in [5, 5.41) is 4.78. The molecule has 94 valence electrons. The van der Waals surface area contributed by atoms with E-state index >= 15 is 0 Å². The highest BCUT2D eigenvalue weighted by atomic mass is 79.9. The molecular formula is C11H7BrClFN2OS. The van der Waals surface area contributed by atoms with Crippen LogP contribution in [0.2, 0.25) is 0 Å². The standard InChI is InChI=1S/C11H7BrClFN2OS/c12-9-7(2-1-3-8(9)14)10(17)16-11-15-6(4-13)5-18-11/h1-3,5H,4H2,(H,15,16,17). The first-order valence-electron chi connectivity index (χ1n) is 4.87. The molecule has 1 aromatic carbocycles. The lowest BCUT2D eigenvalue weighted by Gasteiger charge is -2.04. The lowest BCUT2D eigenvalue weighted by Crippen LogP contribution is -2.12. The van der Waals surface area contributed by atoms with Gasteiger partial charge in [0.05, 0.1) is 21.6 Å². The maximum atomic E-state index is 13.3. The van der Waals surface area contributed by atoms with Gasteiger partial charge >= 0.3 is 0 Å². The zero-order valence-electron chi connectivity index (χ0n) is 8.91. The van der Waals surface area contributed by atoms with Crippen molar-refractivity contribution >= 4 is 49.9 Å². The first kappa shape index (κ1) is 13.5. The van der Waals surface area contributed by atoms with E-state index in [0.717, 1.165) is 0 Å². The van der Waals surface area contributed by atoms with Crippen molar-refractivity contribution in [2.75, 3.05) is 5.32 Å². The van der Waals surface area contributed by atoms with Gasteiger partial charge in [0.15, 0.2) is 5.13 Å². The molecule has 0 aliphatic heterocycles. The second-order valence-electron chi connectivity index (χ2n) is 3.33. The molecule has 0 saturated heterocycles. The molecule has 0 unspecified atom stereocenters. The number of nitrogens with zero attached hydrogens (tertiary/aromatic N) is 1. The molecule has 0 aliphatic carbocycles. The fraction of sp³-hybridized carbons (Fsp3) is 0.0909. The molecule has 1 N–H and O–H groups in total. The Hall–Kier alpha value is -0.980. The normalized spacial score (nSPS) is 10.4. The number of carbonyl (C=O) groups is 1. The van der Waals surface area contributed by atoms with E-state index in [0.29, 0.717) is 10.8 Å². The lowest BCUT2D eigenvalue weighted by molar-refractivity contribution is 0.102. The lowest BCUT2D eigenvalue weighted by atomic mass is 10.2. The minimum Gasteiger partial charge on any atom is -0.298 e. The predicted molar refractivity (Wildman–Crippen MR) is 73.7 cm³/mol. The third-order valence-corrected chi connectivity index (χ3v) is 3.99. The second kappa shape index (κ2) is 5.77. The Kier molecular flexibility index (Phi) is 4.31. The van der Waals surface area contributed by atoms with Crippen molar-refractivity contribution in [2.45, 2.75) is 5.88 Å². The topological polar surface area (TPSA) is 42.0 Å². The zero-order chi connectivity index (χ0) is 13.1. The molecule has 0 saturated carbocycles. The number of aromatic nitrogens is 1. The summed E-state index contributed by atoms with van der Waals surface area (Å²) in [6, 6.07) is 4.27. The van der Waals surface area contributed by atoms with Gasteiger partial charge in [-0.1, -0.05) is 6.07 Å². The van der Waals surface area contributed by atoms with Crippen molar-refractivity contribution in [2.24, 2.45) is 0 Å². The highest BCUT2D eigenvalue weighted by molar-refractivity contribution is 9.10. The summed E-state index contributed by atoms with van der Waals surface area (Å²) in [7, 11) is 0. The number of thiazole rings is 1. The molecule has 0 atom stereocenters. The van der Waals surface area contributed by atoms with Gasteiger partial charge in [0.1, 0.15) is 5.82 Å². The van der Waals surface area contributed by atoms with Gasteiger partial charge in [-0.25, -0.2) is 9.37 Å². The Morgan fingerprint density at radius 3 is 3.00 bits per heavy atom. The zero-order valence-corrected chi connectivity index (χ0v) is 12.1. The summed E-state index contributed by atoms with van der Waals surface area (Å²) >= 11 is 9.92. The van der Waals surface area contributed by atoms with Gasteiger partial charge in [0, 0.05) is 5.38 Å². The number of nitrogens with one attached hydrogen (secondary N) is 1. The van der Waals surface area contributed by atoms with Crippen molar-refractivity contribution in [1.29, 1.82) is 0 Å². The van der Waals surface area contributed by atoms with Crippen LogP contribution in [-0.2, 0) is 5.88 Å². The molecule has 1 amide bonds. The highest BCUT2D eigenvalue weighted by Gasteiger charge is 2.14. The molecule has 1 aromatic heterocycles. The Bertz CT molecular complexity index is 590. The largest absolute Gasteiger partial charge is 0.298 e. The Morgan fingerprint density at radius 2 is 2.33 bits per heavy atom. The van der Waals surface area contributed by atoms with Gasteiger partial charge in [0.2, 0.25) is 0 Å². The molecule has 0 spiro atoms. The molecule has 18 heavy (non-hydrogen) atoms. The number of alkyl halides is 1. The second-order valence-corrected chi connectivity index (χ2v) is 5.25. The summed E-state index contributed by atoms with van der Waals surface area (Å²) in [4.78, 5) is 16.0. The Morgan fingerprint density at radius 1 is 1.56 bits per heavy atom. The molecule has 2 aromatic rings. The number of benzene rings is 1. The number of hydrogen-bond donors (Lipinski definition) is 1. The number of carbonyl (C=O) groups excluding carboxylic acids is 1. The van der Waals surface area contributed by atoms with Crippen LogP contribution < -0.4 is 5.32 Å². The van der Waals surface area contributed by atoms with Crippen LogP contribution in [0.1, 0.15) is 16.1 Å². The minimum absolute atomic E-state index is 0.136. The van der Waals surface area contributed by atoms with Gasteiger partial charge in [-0.05, 0) is 28.1 Å². The molecule has 3 nitrogen and oxygen atoms in total. The minimum atomic E-state index is -0.483. The van der Waals surface area contributed by atoms with Crippen LogP contribution in [-0.4, -0.2) is 10.9 Å². The Labute approximate surface area is 120 Å². The number of anilines is 1. The van der Waals surface area contributed by atoms with Gasteiger partial charge in [-0.3, -0.25) is 10.1 Å². The van der Waals surface area contributed by atoms with E-state index in [1.54, 1.807) is 5.38 Å². The maximum Gasteiger partial charge on any atom is 0.258 e. The first-order chi connectivity index (χ1) is 8.61. The fourth-order valence-electron chi connectivity index (χ4n) is 1.27. The molecule has 1 heterocycles. The van der Waals surface area contributed by atoms with Gasteiger partial charge in [0.25, 0.3) is 5.91 Å². The third kappa shape index (κ3) is 2.88. The molecule has 0 radical (unpaired) electrons. The molecular weight excluding hydrogens is 343 g/mol. The average molecular weight is 350 g/mol. The van der Waals surface area contributed by atoms with E-state index in [4.69, 9.17) is 11.6 Å². The average Bonchev–Trinajstić information content (AvgIpc) is 2.80. The van der Waals surface area contributed by atoms with E-state index < -0.39 is 11.7 Å². The van der Waals surface area contributed by atoms with Crippen LogP contribution >= 0.6 is 38.9 Å². The smallest absolute Gasteiger partial charge is 0.258 e.